The van der Waals surface area contributed by atoms with E-state index in [0.717, 1.165) is 5.56 Å². The summed E-state index contributed by atoms with van der Waals surface area (Å²) in [5.41, 5.74) is 0.971. The molecule has 0 radical (unpaired) electrons. The summed E-state index contributed by atoms with van der Waals surface area (Å²) in [6.45, 7) is 6.28. The van der Waals surface area contributed by atoms with Crippen molar-refractivity contribution < 1.29 is 0 Å². The number of hydrogen-bond donors (Lipinski definition) is 1. The number of aryl methyl sites for hydroxylation is 1. The summed E-state index contributed by atoms with van der Waals surface area (Å²) < 4.78 is 1.28. The SMILES string of the molecule is Cc1cccc2[nH]c(=O)n(CC(C)C)c(=O)c12. The van der Waals surface area contributed by atoms with Crippen LogP contribution in [0.1, 0.15) is 19.4 Å². The first-order valence-corrected chi connectivity index (χ1v) is 5.73. The van der Waals surface area contributed by atoms with E-state index in [2.05, 4.69) is 4.98 Å². The van der Waals surface area contributed by atoms with Crippen LogP contribution in [0.2, 0.25) is 0 Å². The molecule has 1 heterocycles. The van der Waals surface area contributed by atoms with Crippen LogP contribution in [-0.4, -0.2) is 9.55 Å². The Balaban J connectivity index is 2.84. The van der Waals surface area contributed by atoms with Crippen LogP contribution in [0.15, 0.2) is 27.8 Å². The lowest BCUT2D eigenvalue weighted by Crippen LogP contribution is -2.36. The highest BCUT2D eigenvalue weighted by Gasteiger charge is 2.10. The van der Waals surface area contributed by atoms with Crippen LogP contribution in [0.3, 0.4) is 0 Å². The predicted molar refractivity (Wildman–Crippen MR) is 68.4 cm³/mol. The van der Waals surface area contributed by atoms with Gasteiger partial charge in [0.25, 0.3) is 5.56 Å². The first kappa shape index (κ1) is 11.6. The van der Waals surface area contributed by atoms with E-state index in [9.17, 15) is 9.59 Å². The fourth-order valence-electron chi connectivity index (χ4n) is 2.00. The van der Waals surface area contributed by atoms with Crippen molar-refractivity contribution in [3.63, 3.8) is 0 Å². The van der Waals surface area contributed by atoms with E-state index in [0.29, 0.717) is 17.4 Å². The van der Waals surface area contributed by atoms with Gasteiger partial charge in [-0.3, -0.25) is 9.36 Å². The smallest absolute Gasteiger partial charge is 0.307 e. The van der Waals surface area contributed by atoms with E-state index in [1.807, 2.05) is 32.9 Å². The van der Waals surface area contributed by atoms with Gasteiger partial charge in [-0.25, -0.2) is 4.79 Å². The molecule has 2 rings (SSSR count). The van der Waals surface area contributed by atoms with Gasteiger partial charge in [0.2, 0.25) is 0 Å². The Bertz CT molecular complexity index is 665. The third-order valence-electron chi connectivity index (χ3n) is 2.77. The first-order valence-electron chi connectivity index (χ1n) is 5.73. The van der Waals surface area contributed by atoms with E-state index in [1.165, 1.54) is 4.57 Å². The quantitative estimate of drug-likeness (QED) is 0.856. The van der Waals surface area contributed by atoms with Crippen LogP contribution < -0.4 is 11.2 Å². The van der Waals surface area contributed by atoms with Crippen LogP contribution in [-0.2, 0) is 6.54 Å². The normalized spacial score (nSPS) is 11.3. The van der Waals surface area contributed by atoms with Crippen molar-refractivity contribution in [1.82, 2.24) is 9.55 Å². The number of H-pyrrole nitrogens is 1. The van der Waals surface area contributed by atoms with Crippen LogP contribution in [0.5, 0.6) is 0 Å². The van der Waals surface area contributed by atoms with Crippen molar-refractivity contribution >= 4 is 10.9 Å². The molecule has 0 aliphatic carbocycles. The van der Waals surface area contributed by atoms with E-state index < -0.39 is 0 Å². The van der Waals surface area contributed by atoms with Gasteiger partial charge >= 0.3 is 5.69 Å². The number of benzene rings is 1. The summed E-state index contributed by atoms with van der Waals surface area (Å²) in [4.78, 5) is 26.8. The highest BCUT2D eigenvalue weighted by molar-refractivity contribution is 5.80. The number of nitrogens with zero attached hydrogens (tertiary/aromatic N) is 1. The second-order valence-corrected chi connectivity index (χ2v) is 4.74. The monoisotopic (exact) mass is 232 g/mol. The Morgan fingerprint density at radius 2 is 2.00 bits per heavy atom. The molecule has 0 amide bonds. The average molecular weight is 232 g/mol. The lowest BCUT2D eigenvalue weighted by Gasteiger charge is -2.09. The average Bonchev–Trinajstić information content (AvgIpc) is 2.23. The van der Waals surface area contributed by atoms with Gasteiger partial charge in [0.15, 0.2) is 0 Å². The summed E-state index contributed by atoms with van der Waals surface area (Å²) in [6, 6.07) is 5.46. The number of rotatable bonds is 2. The molecule has 0 aliphatic rings. The molecule has 90 valence electrons. The predicted octanol–water partition coefficient (Wildman–Crippen LogP) is 1.65. The van der Waals surface area contributed by atoms with Crippen molar-refractivity contribution in [2.75, 3.05) is 0 Å². The maximum Gasteiger partial charge on any atom is 0.328 e. The molecule has 0 aliphatic heterocycles. The maximum absolute atomic E-state index is 12.2. The van der Waals surface area contributed by atoms with Crippen molar-refractivity contribution in [3.05, 3.63) is 44.6 Å². The van der Waals surface area contributed by atoms with E-state index in [1.54, 1.807) is 6.07 Å². The number of nitrogens with one attached hydrogen (secondary N) is 1. The topological polar surface area (TPSA) is 54.9 Å². The number of aromatic nitrogens is 2. The second kappa shape index (κ2) is 4.20. The lowest BCUT2D eigenvalue weighted by molar-refractivity contribution is 0.496. The molecule has 0 unspecified atom stereocenters. The maximum atomic E-state index is 12.2. The molecule has 2 aromatic rings. The summed E-state index contributed by atoms with van der Waals surface area (Å²) in [5.74, 6) is 0.260. The van der Waals surface area contributed by atoms with Crippen molar-refractivity contribution in [3.8, 4) is 0 Å². The molecular formula is C13H16N2O2. The van der Waals surface area contributed by atoms with Crippen LogP contribution in [0.4, 0.5) is 0 Å². The molecule has 0 bridgehead atoms. The fourth-order valence-corrected chi connectivity index (χ4v) is 2.00. The molecule has 1 aromatic carbocycles. The van der Waals surface area contributed by atoms with Gasteiger partial charge in [-0.05, 0) is 24.5 Å². The lowest BCUT2D eigenvalue weighted by atomic mass is 10.1. The minimum atomic E-state index is -0.332. The largest absolute Gasteiger partial charge is 0.328 e. The first-order chi connectivity index (χ1) is 8.00. The van der Waals surface area contributed by atoms with E-state index in [-0.39, 0.29) is 17.2 Å². The van der Waals surface area contributed by atoms with Crippen molar-refractivity contribution in [2.24, 2.45) is 5.92 Å². The fraction of sp³-hybridized carbons (Fsp3) is 0.385. The number of aromatic amines is 1. The number of fused-ring (bicyclic) bond motifs is 1. The van der Waals surface area contributed by atoms with Gasteiger partial charge in [-0.15, -0.1) is 0 Å². The second-order valence-electron chi connectivity index (χ2n) is 4.74. The van der Waals surface area contributed by atoms with Crippen LogP contribution in [0.25, 0.3) is 10.9 Å². The summed E-state index contributed by atoms with van der Waals surface area (Å²) in [6.07, 6.45) is 0. The van der Waals surface area contributed by atoms with E-state index in [4.69, 9.17) is 0 Å². The van der Waals surface area contributed by atoms with Crippen LogP contribution in [0, 0.1) is 12.8 Å². The minimum Gasteiger partial charge on any atom is -0.307 e. The van der Waals surface area contributed by atoms with Gasteiger partial charge in [-0.1, -0.05) is 26.0 Å². The minimum absolute atomic E-state index is 0.199. The van der Waals surface area contributed by atoms with Crippen LogP contribution >= 0.6 is 0 Å². The van der Waals surface area contributed by atoms with Gasteiger partial charge in [0.05, 0.1) is 10.9 Å². The van der Waals surface area contributed by atoms with Gasteiger partial charge in [0.1, 0.15) is 0 Å². The van der Waals surface area contributed by atoms with Gasteiger partial charge < -0.3 is 4.98 Å². The molecule has 0 spiro atoms. The zero-order chi connectivity index (χ0) is 12.6. The van der Waals surface area contributed by atoms with Crippen molar-refractivity contribution in [1.29, 1.82) is 0 Å². The molecule has 0 atom stereocenters. The Kier molecular flexibility index (Phi) is 2.88. The van der Waals surface area contributed by atoms with Gasteiger partial charge in [-0.2, -0.15) is 0 Å². The Morgan fingerprint density at radius 1 is 1.29 bits per heavy atom. The standard InChI is InChI=1S/C13H16N2O2/c1-8(2)7-15-12(16)11-9(3)5-4-6-10(11)14-13(15)17/h4-6,8H,7H2,1-3H3,(H,14,17). The zero-order valence-electron chi connectivity index (χ0n) is 10.3. The van der Waals surface area contributed by atoms with Gasteiger partial charge in [0, 0.05) is 6.54 Å². The third kappa shape index (κ3) is 2.02. The highest BCUT2D eigenvalue weighted by atomic mass is 16.2. The summed E-state index contributed by atoms with van der Waals surface area (Å²) >= 11 is 0. The highest BCUT2D eigenvalue weighted by Crippen LogP contribution is 2.10. The Hall–Kier alpha value is -1.84. The Morgan fingerprint density at radius 3 is 2.65 bits per heavy atom. The molecular weight excluding hydrogens is 216 g/mol. The third-order valence-corrected chi connectivity index (χ3v) is 2.77. The molecule has 4 heteroatoms. The van der Waals surface area contributed by atoms with Crippen molar-refractivity contribution in [2.45, 2.75) is 27.3 Å². The molecule has 0 saturated carbocycles. The molecule has 1 N–H and O–H groups in total. The molecule has 4 nitrogen and oxygen atoms in total. The van der Waals surface area contributed by atoms with E-state index >= 15 is 0 Å². The molecule has 0 saturated heterocycles. The molecule has 17 heavy (non-hydrogen) atoms. The molecule has 0 fully saturated rings. The zero-order valence-corrected chi connectivity index (χ0v) is 10.3. The summed E-state index contributed by atoms with van der Waals surface area (Å²) in [7, 11) is 0. The summed E-state index contributed by atoms with van der Waals surface area (Å²) in [5, 5.41) is 0.604. The Labute approximate surface area is 98.9 Å². The molecule has 1 aromatic heterocycles. The number of hydrogen-bond acceptors (Lipinski definition) is 2.